The Labute approximate surface area is 446 Å². The Morgan fingerprint density at radius 2 is 0.831 bits per heavy atom. The lowest BCUT2D eigenvalue weighted by Gasteiger charge is -2.32. The molecule has 6 N–H and O–H groups in total. The lowest BCUT2D eigenvalue weighted by Crippen LogP contribution is -2.41. The number of amides is 3. The van der Waals surface area contributed by atoms with Crippen LogP contribution in [-0.4, -0.2) is 131 Å². The first-order chi connectivity index (χ1) is 35.2. The zero-order valence-corrected chi connectivity index (χ0v) is 44.2. The van der Waals surface area contributed by atoms with Gasteiger partial charge in [-0.15, -0.1) is 0 Å². The number of aromatic carboxylic acids is 1. The Hall–Kier alpha value is -6.02. The molecule has 1 aliphatic heterocycles. The Balaban J connectivity index is 0.000000361. The summed E-state index contributed by atoms with van der Waals surface area (Å²) in [7, 11) is 1.79. The highest BCUT2D eigenvalue weighted by atomic mass is 79.9. The molecular weight excluding hydrogens is 1210 g/mol. The molecule has 0 spiro atoms. The smallest absolute Gasteiger partial charge is 0.495 e. The third-order valence-electron chi connectivity index (χ3n) is 10.1. The molecule has 4 aromatic rings. The van der Waals surface area contributed by atoms with Crippen molar-refractivity contribution in [2.24, 2.45) is 0 Å². The van der Waals surface area contributed by atoms with Crippen LogP contribution in [0.3, 0.4) is 0 Å². The van der Waals surface area contributed by atoms with E-state index < -0.39 is 139 Å². The van der Waals surface area contributed by atoms with Gasteiger partial charge < -0.3 is 59.4 Å². The van der Waals surface area contributed by atoms with Gasteiger partial charge in [-0.3, -0.25) is 14.4 Å². The molecule has 1 aliphatic rings. The first-order valence-electron chi connectivity index (χ1n) is 21.0. The quantitative estimate of drug-likeness (QED) is 0.0568. The second-order valence-electron chi connectivity index (χ2n) is 16.3. The van der Waals surface area contributed by atoms with E-state index >= 15 is 0 Å². The molecule has 0 aromatic heterocycles. The van der Waals surface area contributed by atoms with Crippen LogP contribution in [0.5, 0.6) is 23.0 Å². The van der Waals surface area contributed by atoms with Crippen molar-refractivity contribution in [3.63, 3.8) is 0 Å². The predicted molar refractivity (Wildman–Crippen MR) is 255 cm³/mol. The van der Waals surface area contributed by atoms with Crippen molar-refractivity contribution in [3.05, 3.63) is 103 Å². The molecule has 33 heteroatoms. The molecule has 1 fully saturated rings. The molecule has 1 heterocycles. The van der Waals surface area contributed by atoms with Gasteiger partial charge in [-0.1, -0.05) is 31.9 Å². The molecule has 5 rings (SSSR count). The van der Waals surface area contributed by atoms with Gasteiger partial charge >= 0.3 is 38.7 Å². The van der Waals surface area contributed by atoms with E-state index in [0.717, 1.165) is 31.4 Å². The number of alkyl halides is 9. The van der Waals surface area contributed by atoms with Crippen LogP contribution in [0, 0.1) is 23.3 Å². The minimum atomic E-state index is -4.64. The molecule has 424 valence electrons. The van der Waals surface area contributed by atoms with Crippen molar-refractivity contribution in [1.29, 1.82) is 0 Å². The summed E-state index contributed by atoms with van der Waals surface area (Å²) in [5.74, 6) is -9.91. The second-order valence-corrected chi connectivity index (χ2v) is 18.1. The third-order valence-corrected chi connectivity index (χ3v) is 11.1. The van der Waals surface area contributed by atoms with Gasteiger partial charge in [0.2, 0.25) is 0 Å². The fourth-order valence-corrected chi connectivity index (χ4v) is 6.70. The fourth-order valence-electron chi connectivity index (χ4n) is 5.89. The maximum Gasteiger partial charge on any atom is 0.495 e. The van der Waals surface area contributed by atoms with Crippen LogP contribution in [-0.2, 0) is 9.31 Å². The summed E-state index contributed by atoms with van der Waals surface area (Å²) in [5, 5.41) is 31.1. The van der Waals surface area contributed by atoms with E-state index in [1.54, 1.807) is 10.6 Å². The Bertz CT molecular complexity index is 2740. The highest BCUT2D eigenvalue weighted by Crippen LogP contribution is 2.37. The summed E-state index contributed by atoms with van der Waals surface area (Å²) in [6, 6.07) is 8.59. The monoisotopic (exact) mass is 1250 g/mol. The number of carbonyl (C=O) groups is 4. The van der Waals surface area contributed by atoms with Crippen LogP contribution >= 0.6 is 31.9 Å². The number of carboxylic acids is 1. The SMILES string of the molecule is COc1cc(B(O)O)cc(F)c1C(=O)NCC(F)(F)F.COc1cc(B2OC(C)(C)C(C)(C)O2)cc(F)c1C(=O)NCC(F)(F)F.COc1cc(Br)cc(F)c1C(=O)NCC(F)(F)F.COc1cc(Br)cc(F)c1C(=O)O. The number of benzene rings is 4. The fraction of sp³-hybridized carbons (Fsp3) is 0.364. The minimum absolute atomic E-state index is 0.000579. The highest BCUT2D eigenvalue weighted by Gasteiger charge is 2.52. The number of hydrogen-bond acceptors (Lipinski definition) is 12. The van der Waals surface area contributed by atoms with E-state index in [0.29, 0.717) is 15.0 Å². The van der Waals surface area contributed by atoms with Gasteiger partial charge in [-0.05, 0) is 87.2 Å². The van der Waals surface area contributed by atoms with Crippen LogP contribution in [0.15, 0.2) is 57.5 Å². The molecule has 0 radical (unpaired) electrons. The molecule has 0 atom stereocenters. The number of hydrogen-bond donors (Lipinski definition) is 6. The number of methoxy groups -OCH3 is 4. The van der Waals surface area contributed by atoms with Gasteiger partial charge in [0.05, 0.1) is 39.6 Å². The normalized spacial score (nSPS) is 13.5. The van der Waals surface area contributed by atoms with E-state index in [1.807, 2.05) is 27.7 Å². The van der Waals surface area contributed by atoms with Crippen molar-refractivity contribution < 1.29 is 120 Å². The number of halogens is 15. The third kappa shape index (κ3) is 20.1. The number of carboxylic acid groups (broad SMARTS) is 1. The van der Waals surface area contributed by atoms with Crippen LogP contribution < -0.4 is 45.8 Å². The average Bonchev–Trinajstić information content (AvgIpc) is 3.52. The van der Waals surface area contributed by atoms with E-state index in [1.165, 1.54) is 44.8 Å². The Kier molecular flexibility index (Phi) is 24.0. The summed E-state index contributed by atoms with van der Waals surface area (Å²) in [4.78, 5) is 45.5. The summed E-state index contributed by atoms with van der Waals surface area (Å²) < 4.78 is 195. The molecule has 77 heavy (non-hydrogen) atoms. The highest BCUT2D eigenvalue weighted by molar-refractivity contribution is 9.10. The van der Waals surface area contributed by atoms with Crippen molar-refractivity contribution >= 4 is 80.7 Å². The zero-order chi connectivity index (χ0) is 59.3. The standard InChI is InChI=1S/C16H20BF4NO4.C10H10BF4NO4.C10H8BrF4NO2.C8H6BrFO3/c1-14(2)15(3,4)26-17(25-14)9-6-10(18)12(11(7-9)24-5)13(23)22-8-16(19,20)21;1-20-7-3-5(11(18)19)2-6(12)8(7)9(17)16-4-10(13,14)15;1-18-7-3-5(11)2-6(12)8(7)9(17)16-4-10(13,14)15;1-13-6-3-4(9)2-5(10)7(6)8(11)12/h6-7H,8H2,1-5H3,(H,22,23);2-3,18-19H,4H2,1H3,(H,16,17);2-3H,4H2,1H3,(H,16,17);2-3H,1H3,(H,11,12). The van der Waals surface area contributed by atoms with E-state index in [-0.39, 0.29) is 28.2 Å². The Morgan fingerprint density at radius 3 is 1.16 bits per heavy atom. The lowest BCUT2D eigenvalue weighted by molar-refractivity contribution is -0.123. The summed E-state index contributed by atoms with van der Waals surface area (Å²) in [6.07, 6.45) is -13.8. The van der Waals surface area contributed by atoms with Crippen LogP contribution in [0.25, 0.3) is 0 Å². The molecule has 4 aromatic carbocycles. The second kappa shape index (κ2) is 27.5. The largest absolute Gasteiger partial charge is 0.496 e. The van der Waals surface area contributed by atoms with Crippen molar-refractivity contribution in [2.45, 2.75) is 57.4 Å². The maximum absolute atomic E-state index is 14.5. The molecule has 0 bridgehead atoms. The average molecular weight is 1250 g/mol. The minimum Gasteiger partial charge on any atom is -0.496 e. The topological polar surface area (TPSA) is 220 Å². The summed E-state index contributed by atoms with van der Waals surface area (Å²) in [5.41, 5.74) is -3.75. The van der Waals surface area contributed by atoms with E-state index in [9.17, 15) is 76.3 Å². The van der Waals surface area contributed by atoms with Crippen molar-refractivity contribution in [1.82, 2.24) is 16.0 Å². The van der Waals surface area contributed by atoms with Gasteiger partial charge in [0.25, 0.3) is 17.7 Å². The molecular formula is C44H44B2Br2F13N3O13. The number of rotatable bonds is 13. The number of carbonyl (C=O) groups excluding carboxylic acids is 3. The molecule has 0 saturated carbocycles. The zero-order valence-electron chi connectivity index (χ0n) is 41.0. The molecule has 1 saturated heterocycles. The van der Waals surface area contributed by atoms with Crippen LogP contribution in [0.1, 0.15) is 69.1 Å². The molecule has 0 unspecified atom stereocenters. The van der Waals surface area contributed by atoms with E-state index in [2.05, 4.69) is 36.6 Å². The Morgan fingerprint density at radius 1 is 0.532 bits per heavy atom. The van der Waals surface area contributed by atoms with Crippen LogP contribution in [0.4, 0.5) is 57.1 Å². The van der Waals surface area contributed by atoms with Gasteiger partial charge in [-0.25, -0.2) is 22.4 Å². The van der Waals surface area contributed by atoms with Gasteiger partial charge in [0.1, 0.15) is 88.2 Å². The van der Waals surface area contributed by atoms with Crippen molar-refractivity contribution in [2.75, 3.05) is 48.1 Å². The number of ether oxygens (including phenoxy) is 4. The van der Waals surface area contributed by atoms with Gasteiger partial charge in [0, 0.05) is 8.95 Å². The maximum atomic E-state index is 14.5. The van der Waals surface area contributed by atoms with Crippen molar-refractivity contribution in [3.8, 4) is 23.0 Å². The first kappa shape index (κ1) is 67.1. The predicted octanol–water partition coefficient (Wildman–Crippen LogP) is 7.42. The van der Waals surface area contributed by atoms with Crippen LogP contribution in [0.2, 0.25) is 0 Å². The van der Waals surface area contributed by atoms with E-state index in [4.69, 9.17) is 38.7 Å². The summed E-state index contributed by atoms with van der Waals surface area (Å²) >= 11 is 6.00. The summed E-state index contributed by atoms with van der Waals surface area (Å²) in [6.45, 7) is 2.54. The molecule has 16 nitrogen and oxygen atoms in total. The molecule has 3 amide bonds. The lowest BCUT2D eigenvalue weighted by atomic mass is 9.78. The first-order valence-corrected chi connectivity index (χ1v) is 22.6. The van der Waals surface area contributed by atoms with Gasteiger partial charge in [0.15, 0.2) is 0 Å². The molecule has 0 aliphatic carbocycles. The number of nitrogens with one attached hydrogen (secondary N) is 3. The van der Waals surface area contributed by atoms with Gasteiger partial charge in [-0.2, -0.15) is 39.5 Å².